The number of anilines is 3. The van der Waals surface area contributed by atoms with E-state index in [0.717, 1.165) is 25.7 Å². The SMILES string of the molecule is O=C(CNc1ccccc1C(=O)Nc1ccccc1)Nc1ccccc1C(=O)NC1CCCC1. The molecule has 0 atom stereocenters. The van der Waals surface area contributed by atoms with Crippen molar-refractivity contribution in [2.45, 2.75) is 31.7 Å². The molecule has 174 valence electrons. The molecule has 1 fully saturated rings. The maximum absolute atomic E-state index is 12.7. The summed E-state index contributed by atoms with van der Waals surface area (Å²) in [5, 5.41) is 11.8. The van der Waals surface area contributed by atoms with Crippen LogP contribution in [0, 0.1) is 0 Å². The summed E-state index contributed by atoms with van der Waals surface area (Å²) < 4.78 is 0. The smallest absolute Gasteiger partial charge is 0.257 e. The fourth-order valence-corrected chi connectivity index (χ4v) is 4.05. The van der Waals surface area contributed by atoms with Crippen LogP contribution in [-0.4, -0.2) is 30.3 Å². The lowest BCUT2D eigenvalue weighted by molar-refractivity contribution is -0.114. The highest BCUT2D eigenvalue weighted by atomic mass is 16.2. The Morgan fingerprint density at radius 3 is 1.97 bits per heavy atom. The minimum atomic E-state index is -0.320. The molecule has 0 radical (unpaired) electrons. The van der Waals surface area contributed by atoms with Gasteiger partial charge in [0.15, 0.2) is 0 Å². The Kier molecular flexibility index (Phi) is 7.55. The molecule has 0 unspecified atom stereocenters. The highest BCUT2D eigenvalue weighted by Crippen LogP contribution is 2.21. The molecule has 1 saturated carbocycles. The van der Waals surface area contributed by atoms with Crippen LogP contribution in [0.3, 0.4) is 0 Å². The van der Waals surface area contributed by atoms with Crippen LogP contribution in [-0.2, 0) is 4.79 Å². The van der Waals surface area contributed by atoms with Crippen molar-refractivity contribution in [1.29, 1.82) is 0 Å². The molecule has 0 saturated heterocycles. The first-order valence-electron chi connectivity index (χ1n) is 11.5. The van der Waals surface area contributed by atoms with Crippen LogP contribution in [0.1, 0.15) is 46.4 Å². The molecular weight excluding hydrogens is 428 g/mol. The standard InChI is InChI=1S/C27H28N4O3/c32-25(31-24-17-9-7-15-22(24)27(34)30-20-12-4-5-13-20)18-28-23-16-8-6-14-21(23)26(33)29-19-10-2-1-3-11-19/h1-3,6-11,14-17,20,28H,4-5,12-13,18H2,(H,29,33)(H,30,34)(H,31,32). The summed E-state index contributed by atoms with van der Waals surface area (Å²) in [6.45, 7) is -0.0613. The summed E-state index contributed by atoms with van der Waals surface area (Å²) in [4.78, 5) is 38.1. The van der Waals surface area contributed by atoms with Crippen molar-refractivity contribution in [1.82, 2.24) is 5.32 Å². The van der Waals surface area contributed by atoms with E-state index in [0.29, 0.717) is 28.2 Å². The van der Waals surface area contributed by atoms with Crippen LogP contribution in [0.15, 0.2) is 78.9 Å². The topological polar surface area (TPSA) is 99.3 Å². The van der Waals surface area contributed by atoms with Gasteiger partial charge >= 0.3 is 0 Å². The highest BCUT2D eigenvalue weighted by Gasteiger charge is 2.20. The molecule has 1 aliphatic carbocycles. The van der Waals surface area contributed by atoms with E-state index in [1.807, 2.05) is 30.3 Å². The number of hydrogen-bond donors (Lipinski definition) is 4. The predicted molar refractivity (Wildman–Crippen MR) is 134 cm³/mol. The quantitative estimate of drug-likeness (QED) is 0.396. The summed E-state index contributed by atoms with van der Waals surface area (Å²) in [6, 6.07) is 23.3. The van der Waals surface area contributed by atoms with E-state index >= 15 is 0 Å². The first kappa shape index (κ1) is 23.0. The molecule has 7 nitrogen and oxygen atoms in total. The molecule has 4 rings (SSSR count). The number of rotatable bonds is 8. The minimum absolute atomic E-state index is 0.0613. The average Bonchev–Trinajstić information content (AvgIpc) is 3.37. The third-order valence-electron chi connectivity index (χ3n) is 5.78. The fourth-order valence-electron chi connectivity index (χ4n) is 4.05. The maximum Gasteiger partial charge on any atom is 0.257 e. The van der Waals surface area contributed by atoms with Gasteiger partial charge in [-0.1, -0.05) is 55.3 Å². The first-order chi connectivity index (χ1) is 16.6. The Morgan fingerprint density at radius 1 is 0.676 bits per heavy atom. The van der Waals surface area contributed by atoms with Gasteiger partial charge < -0.3 is 21.3 Å². The van der Waals surface area contributed by atoms with Crippen LogP contribution in [0.5, 0.6) is 0 Å². The second kappa shape index (κ2) is 11.1. The zero-order chi connectivity index (χ0) is 23.8. The molecule has 0 aromatic heterocycles. The molecule has 0 heterocycles. The monoisotopic (exact) mass is 456 g/mol. The van der Waals surface area contributed by atoms with Gasteiger partial charge in [0.2, 0.25) is 5.91 Å². The molecule has 3 amide bonds. The van der Waals surface area contributed by atoms with Gasteiger partial charge in [-0.15, -0.1) is 0 Å². The average molecular weight is 457 g/mol. The number of carbonyl (C=O) groups is 3. The van der Waals surface area contributed by atoms with E-state index in [4.69, 9.17) is 0 Å². The van der Waals surface area contributed by atoms with Crippen molar-refractivity contribution in [3.63, 3.8) is 0 Å². The van der Waals surface area contributed by atoms with E-state index < -0.39 is 0 Å². The maximum atomic E-state index is 12.7. The van der Waals surface area contributed by atoms with Gasteiger partial charge in [-0.2, -0.15) is 0 Å². The van der Waals surface area contributed by atoms with Gasteiger partial charge in [0.25, 0.3) is 11.8 Å². The Bertz CT molecular complexity index is 1160. The zero-order valence-electron chi connectivity index (χ0n) is 18.8. The van der Waals surface area contributed by atoms with Crippen LogP contribution in [0.4, 0.5) is 17.1 Å². The Balaban J connectivity index is 1.38. The molecule has 3 aromatic rings. The van der Waals surface area contributed by atoms with Crippen molar-refractivity contribution in [3.05, 3.63) is 90.0 Å². The van der Waals surface area contributed by atoms with Crippen molar-refractivity contribution in [2.24, 2.45) is 0 Å². The lowest BCUT2D eigenvalue weighted by Crippen LogP contribution is -2.33. The molecular formula is C27H28N4O3. The summed E-state index contributed by atoms with van der Waals surface area (Å²) in [5.41, 5.74) is 2.55. The lowest BCUT2D eigenvalue weighted by atomic mass is 10.1. The number of nitrogens with one attached hydrogen (secondary N) is 4. The number of carbonyl (C=O) groups excluding carboxylic acids is 3. The molecule has 1 aliphatic rings. The largest absolute Gasteiger partial charge is 0.376 e. The normalized spacial score (nSPS) is 13.2. The highest BCUT2D eigenvalue weighted by molar-refractivity contribution is 6.09. The van der Waals surface area contributed by atoms with E-state index in [2.05, 4.69) is 21.3 Å². The molecule has 4 N–H and O–H groups in total. The molecule has 34 heavy (non-hydrogen) atoms. The van der Waals surface area contributed by atoms with Crippen molar-refractivity contribution in [3.8, 4) is 0 Å². The van der Waals surface area contributed by atoms with Crippen molar-refractivity contribution >= 4 is 34.8 Å². The van der Waals surface area contributed by atoms with Gasteiger partial charge in [-0.05, 0) is 49.2 Å². The van der Waals surface area contributed by atoms with Crippen molar-refractivity contribution < 1.29 is 14.4 Å². The van der Waals surface area contributed by atoms with Gasteiger partial charge in [-0.25, -0.2) is 0 Å². The Morgan fingerprint density at radius 2 is 1.26 bits per heavy atom. The van der Waals surface area contributed by atoms with Gasteiger partial charge in [0, 0.05) is 17.4 Å². The van der Waals surface area contributed by atoms with Crippen LogP contribution in [0.25, 0.3) is 0 Å². The van der Waals surface area contributed by atoms with Crippen LogP contribution in [0.2, 0.25) is 0 Å². The summed E-state index contributed by atoms with van der Waals surface area (Å²) in [6.07, 6.45) is 4.22. The molecule has 3 aromatic carbocycles. The summed E-state index contributed by atoms with van der Waals surface area (Å²) in [7, 11) is 0. The van der Waals surface area contributed by atoms with E-state index in [9.17, 15) is 14.4 Å². The summed E-state index contributed by atoms with van der Waals surface area (Å²) in [5.74, 6) is -0.776. The third kappa shape index (κ3) is 6.01. The lowest BCUT2D eigenvalue weighted by Gasteiger charge is -2.16. The third-order valence-corrected chi connectivity index (χ3v) is 5.78. The number of para-hydroxylation sites is 3. The summed E-state index contributed by atoms with van der Waals surface area (Å²) >= 11 is 0. The second-order valence-electron chi connectivity index (χ2n) is 8.27. The van der Waals surface area contributed by atoms with Gasteiger partial charge in [0.1, 0.15) is 0 Å². The molecule has 0 aliphatic heterocycles. The fraction of sp³-hybridized carbons (Fsp3) is 0.222. The van der Waals surface area contributed by atoms with Gasteiger partial charge in [-0.3, -0.25) is 14.4 Å². The first-order valence-corrected chi connectivity index (χ1v) is 11.5. The minimum Gasteiger partial charge on any atom is -0.376 e. The predicted octanol–water partition coefficient (Wildman–Crippen LogP) is 4.66. The number of hydrogen-bond acceptors (Lipinski definition) is 4. The van der Waals surface area contributed by atoms with Crippen LogP contribution >= 0.6 is 0 Å². The Labute approximate surface area is 199 Å². The second-order valence-corrected chi connectivity index (χ2v) is 8.27. The number of benzene rings is 3. The molecule has 0 bridgehead atoms. The Hall–Kier alpha value is -4.13. The van der Waals surface area contributed by atoms with E-state index in [1.54, 1.807) is 48.5 Å². The molecule has 7 heteroatoms. The number of amides is 3. The van der Waals surface area contributed by atoms with Gasteiger partial charge in [0.05, 0.1) is 23.4 Å². The molecule has 0 spiro atoms. The zero-order valence-corrected chi connectivity index (χ0v) is 18.8. The van der Waals surface area contributed by atoms with E-state index in [-0.39, 0.29) is 30.3 Å². The van der Waals surface area contributed by atoms with Crippen molar-refractivity contribution in [2.75, 3.05) is 22.5 Å². The van der Waals surface area contributed by atoms with Crippen LogP contribution < -0.4 is 21.3 Å². The van der Waals surface area contributed by atoms with E-state index in [1.165, 1.54) is 0 Å².